The standard InChI is InChI=1S/C18H18F3NO4S/c1-3-5-25-15(23)9-26-14-7-12(17(24)27-10-18(19,20)21)6-13-11(4-2)8-22-16(13)14/h3,6-8,22H,1,4-5,9-10H2,2H3. The summed E-state index contributed by atoms with van der Waals surface area (Å²) in [6.45, 7) is 4.96. The predicted molar refractivity (Wildman–Crippen MR) is 97.2 cm³/mol. The third kappa shape index (κ3) is 5.78. The van der Waals surface area contributed by atoms with Gasteiger partial charge in [0.25, 0.3) is 0 Å². The molecule has 0 atom stereocenters. The topological polar surface area (TPSA) is 68.4 Å². The van der Waals surface area contributed by atoms with E-state index >= 15 is 0 Å². The number of hydrogen-bond acceptors (Lipinski definition) is 5. The summed E-state index contributed by atoms with van der Waals surface area (Å²) in [5.74, 6) is -1.71. The number of alkyl halides is 3. The maximum absolute atomic E-state index is 12.4. The Morgan fingerprint density at radius 3 is 2.70 bits per heavy atom. The van der Waals surface area contributed by atoms with Crippen LogP contribution < -0.4 is 4.74 Å². The molecule has 0 bridgehead atoms. The van der Waals surface area contributed by atoms with Crippen LogP contribution in [0.3, 0.4) is 0 Å². The number of halogens is 3. The molecule has 2 aromatic rings. The lowest BCUT2D eigenvalue weighted by Gasteiger charge is -2.10. The molecule has 0 saturated carbocycles. The summed E-state index contributed by atoms with van der Waals surface area (Å²) in [5, 5.41) is -0.0676. The Kier molecular flexibility index (Phi) is 6.95. The largest absolute Gasteiger partial charge is 0.480 e. The second kappa shape index (κ2) is 8.98. The summed E-state index contributed by atoms with van der Waals surface area (Å²) in [5.41, 5.74) is 1.50. The van der Waals surface area contributed by atoms with E-state index in [0.29, 0.717) is 17.3 Å². The van der Waals surface area contributed by atoms with Crippen LogP contribution in [0.1, 0.15) is 22.8 Å². The zero-order valence-corrected chi connectivity index (χ0v) is 15.3. The SMILES string of the molecule is C=CCOC(=O)COc1cc(C(=O)SCC(F)(F)F)cc2c(CC)c[nH]c12. The van der Waals surface area contributed by atoms with Gasteiger partial charge < -0.3 is 14.5 Å². The third-order valence-electron chi connectivity index (χ3n) is 3.53. The number of carbonyl (C=O) groups excluding carboxylic acids is 2. The van der Waals surface area contributed by atoms with E-state index in [4.69, 9.17) is 9.47 Å². The number of esters is 1. The Labute approximate surface area is 157 Å². The summed E-state index contributed by atoms with van der Waals surface area (Å²) >= 11 is 0.173. The van der Waals surface area contributed by atoms with Crippen molar-refractivity contribution in [1.82, 2.24) is 4.98 Å². The number of nitrogens with one attached hydrogen (secondary N) is 1. The van der Waals surface area contributed by atoms with Gasteiger partial charge in [-0.15, -0.1) is 0 Å². The van der Waals surface area contributed by atoms with Gasteiger partial charge in [0.2, 0.25) is 5.12 Å². The Balaban J connectivity index is 2.28. The van der Waals surface area contributed by atoms with E-state index in [1.54, 1.807) is 6.20 Å². The van der Waals surface area contributed by atoms with E-state index < -0.39 is 29.6 Å². The molecule has 5 nitrogen and oxygen atoms in total. The van der Waals surface area contributed by atoms with E-state index in [9.17, 15) is 22.8 Å². The maximum atomic E-state index is 12.4. The summed E-state index contributed by atoms with van der Waals surface area (Å²) in [4.78, 5) is 26.8. The Bertz CT molecular complexity index is 845. The number of aryl methyl sites for hydroxylation is 1. The highest BCUT2D eigenvalue weighted by Crippen LogP contribution is 2.32. The molecule has 0 unspecified atom stereocenters. The summed E-state index contributed by atoms with van der Waals surface area (Å²) < 4.78 is 47.4. The smallest absolute Gasteiger partial charge is 0.398 e. The summed E-state index contributed by atoms with van der Waals surface area (Å²) in [6.07, 6.45) is -0.661. The maximum Gasteiger partial charge on any atom is 0.398 e. The first-order valence-electron chi connectivity index (χ1n) is 8.02. The van der Waals surface area contributed by atoms with E-state index in [1.807, 2.05) is 6.92 Å². The first-order valence-corrected chi connectivity index (χ1v) is 9.01. The van der Waals surface area contributed by atoms with Crippen LogP contribution in [0, 0.1) is 0 Å². The van der Waals surface area contributed by atoms with Gasteiger partial charge in [-0.25, -0.2) is 4.79 Å². The Morgan fingerprint density at radius 2 is 2.07 bits per heavy atom. The number of H-pyrrole nitrogens is 1. The zero-order valence-electron chi connectivity index (χ0n) is 14.5. The lowest BCUT2D eigenvalue weighted by Crippen LogP contribution is -2.15. The van der Waals surface area contributed by atoms with Crippen molar-refractivity contribution in [1.29, 1.82) is 0 Å². The molecule has 2 rings (SSSR count). The molecule has 0 amide bonds. The van der Waals surface area contributed by atoms with Gasteiger partial charge in [0.1, 0.15) is 12.4 Å². The highest BCUT2D eigenvalue weighted by atomic mass is 32.2. The lowest BCUT2D eigenvalue weighted by molar-refractivity contribution is -0.144. The highest BCUT2D eigenvalue weighted by Gasteiger charge is 2.29. The van der Waals surface area contributed by atoms with Gasteiger partial charge in [-0.3, -0.25) is 4.79 Å². The van der Waals surface area contributed by atoms with E-state index in [1.165, 1.54) is 18.2 Å². The van der Waals surface area contributed by atoms with Crippen molar-refractivity contribution < 1.29 is 32.2 Å². The van der Waals surface area contributed by atoms with Crippen LogP contribution >= 0.6 is 11.8 Å². The van der Waals surface area contributed by atoms with Crippen LogP contribution in [0.4, 0.5) is 13.2 Å². The van der Waals surface area contributed by atoms with Gasteiger partial charge in [-0.2, -0.15) is 13.2 Å². The minimum absolute atomic E-state index is 0.0344. The molecule has 1 N–H and O–H groups in total. The van der Waals surface area contributed by atoms with Gasteiger partial charge >= 0.3 is 12.1 Å². The van der Waals surface area contributed by atoms with Crippen molar-refractivity contribution in [3.8, 4) is 5.75 Å². The number of ether oxygens (including phenoxy) is 2. The van der Waals surface area contributed by atoms with E-state index in [2.05, 4.69) is 11.6 Å². The first kappa shape index (κ1) is 20.9. The fourth-order valence-corrected chi connectivity index (χ4v) is 2.92. The van der Waals surface area contributed by atoms with Crippen LogP contribution in [0.25, 0.3) is 10.9 Å². The van der Waals surface area contributed by atoms with Gasteiger partial charge in [0, 0.05) is 17.1 Å². The van der Waals surface area contributed by atoms with Gasteiger partial charge in [-0.05, 0) is 24.1 Å². The number of fused-ring (bicyclic) bond motifs is 1. The quantitative estimate of drug-likeness (QED) is 0.528. The normalized spacial score (nSPS) is 11.4. The molecular formula is C18H18F3NO4S. The van der Waals surface area contributed by atoms with Crippen molar-refractivity contribution >= 4 is 33.7 Å². The monoisotopic (exact) mass is 401 g/mol. The summed E-state index contributed by atoms with van der Waals surface area (Å²) in [6, 6.07) is 2.85. The molecule has 1 aromatic carbocycles. The van der Waals surface area contributed by atoms with E-state index in [-0.39, 0.29) is 29.7 Å². The molecule has 1 aromatic heterocycles. The number of hydrogen-bond donors (Lipinski definition) is 1. The van der Waals surface area contributed by atoms with Crippen molar-refractivity contribution in [3.05, 3.63) is 42.1 Å². The minimum Gasteiger partial charge on any atom is -0.480 e. The number of thioether (sulfide) groups is 1. The molecule has 146 valence electrons. The molecule has 0 spiro atoms. The second-order valence-corrected chi connectivity index (χ2v) is 6.46. The van der Waals surface area contributed by atoms with Crippen LogP contribution in [0.5, 0.6) is 5.75 Å². The Hall–Kier alpha value is -2.42. The minimum atomic E-state index is -4.44. The molecule has 1 heterocycles. The molecule has 0 aliphatic heterocycles. The van der Waals surface area contributed by atoms with Crippen molar-refractivity contribution in [3.63, 3.8) is 0 Å². The predicted octanol–water partition coefficient (Wildman–Crippen LogP) is 4.27. The van der Waals surface area contributed by atoms with Gasteiger partial charge in [-0.1, -0.05) is 31.3 Å². The fourth-order valence-electron chi connectivity index (χ4n) is 2.34. The highest BCUT2D eigenvalue weighted by molar-refractivity contribution is 8.14. The molecule has 0 fully saturated rings. The molecule has 0 aliphatic rings. The van der Waals surface area contributed by atoms with Crippen LogP contribution in [-0.4, -0.2) is 41.2 Å². The van der Waals surface area contributed by atoms with Crippen LogP contribution in [0.2, 0.25) is 0 Å². The lowest BCUT2D eigenvalue weighted by atomic mass is 10.1. The molecule has 0 radical (unpaired) electrons. The molecule has 27 heavy (non-hydrogen) atoms. The average molecular weight is 401 g/mol. The van der Waals surface area contributed by atoms with Crippen LogP contribution in [0.15, 0.2) is 31.0 Å². The van der Waals surface area contributed by atoms with Gasteiger partial charge in [0.15, 0.2) is 6.61 Å². The molecule has 0 saturated heterocycles. The first-order chi connectivity index (χ1) is 12.7. The van der Waals surface area contributed by atoms with Crippen molar-refractivity contribution in [2.75, 3.05) is 19.0 Å². The molecular weight excluding hydrogens is 383 g/mol. The number of aromatic nitrogens is 1. The van der Waals surface area contributed by atoms with Crippen molar-refractivity contribution in [2.45, 2.75) is 19.5 Å². The summed E-state index contributed by atoms with van der Waals surface area (Å²) in [7, 11) is 0. The fraction of sp³-hybridized carbons (Fsp3) is 0.333. The van der Waals surface area contributed by atoms with Crippen LogP contribution in [-0.2, 0) is 16.0 Å². The number of carbonyl (C=O) groups is 2. The van der Waals surface area contributed by atoms with Crippen molar-refractivity contribution in [2.24, 2.45) is 0 Å². The molecule has 9 heteroatoms. The number of aromatic amines is 1. The molecule has 0 aliphatic carbocycles. The number of benzene rings is 1. The average Bonchev–Trinajstić information content (AvgIpc) is 3.04. The third-order valence-corrected chi connectivity index (χ3v) is 4.50. The zero-order chi connectivity index (χ0) is 20.0. The second-order valence-electron chi connectivity index (χ2n) is 5.52. The van der Waals surface area contributed by atoms with E-state index in [0.717, 1.165) is 5.56 Å². The Morgan fingerprint density at radius 1 is 1.33 bits per heavy atom. The number of rotatable bonds is 8. The van der Waals surface area contributed by atoms with Gasteiger partial charge in [0.05, 0.1) is 11.3 Å².